The van der Waals surface area contributed by atoms with Crippen LogP contribution in [0.4, 0.5) is 0 Å². The molecule has 126 valence electrons. The van der Waals surface area contributed by atoms with Gasteiger partial charge in [-0.1, -0.05) is 0 Å². The summed E-state index contributed by atoms with van der Waals surface area (Å²) in [5.41, 5.74) is 9.81. The molecule has 0 aliphatic rings. The quantitative estimate of drug-likeness (QED) is 0.239. The van der Waals surface area contributed by atoms with Gasteiger partial charge in [0.25, 0.3) is 0 Å². The molecule has 0 saturated carbocycles. The van der Waals surface area contributed by atoms with Gasteiger partial charge in [-0.3, -0.25) is 46.9 Å². The summed E-state index contributed by atoms with van der Waals surface area (Å²) in [4.78, 5) is 35.6. The van der Waals surface area contributed by atoms with Crippen molar-refractivity contribution in [2.45, 2.75) is 0 Å². The summed E-state index contributed by atoms with van der Waals surface area (Å²) in [6, 6.07) is 0. The Kier molecular flexibility index (Phi) is 62.5. The molecule has 0 aliphatic heterocycles. The molecule has 0 aromatic rings. The Bertz CT molecular complexity index is 195. The Balaban J connectivity index is -0.0000000331. The summed E-state index contributed by atoms with van der Waals surface area (Å²) >= 11 is 0. The predicted molar refractivity (Wildman–Crippen MR) is 70.1 cm³/mol. The number of aliphatic carboxylic acids is 4. The van der Waals surface area contributed by atoms with Crippen LogP contribution in [0.2, 0.25) is 0 Å². The first-order valence-electron chi connectivity index (χ1n) is 4.44. The van der Waals surface area contributed by atoms with E-state index in [0.717, 1.165) is 0 Å². The monoisotopic (exact) mass is 352 g/mol. The summed E-state index contributed by atoms with van der Waals surface area (Å²) in [5, 5.41) is 29.2. The second-order valence-corrected chi connectivity index (χ2v) is 2.15. The van der Waals surface area contributed by atoms with Crippen molar-refractivity contribution in [1.82, 2.24) is 0 Å². The minimum Gasteiger partial charge on any atom is -0.503 e. The Morgan fingerprint density at radius 3 is 0.667 bits per heavy atom. The zero-order valence-electron chi connectivity index (χ0n) is 11.2. The standard InChI is InChI=1S/C2H8N2.4C2H3O2.Fe/c3-1-2-4;4*1-2(3)4;/h1-4H2;4*1H2,(H,3,4);/q;4*-1;+4. The predicted octanol–water partition coefficient (Wildman–Crippen LogP) is -1.48. The number of hydrogen-bond acceptors (Lipinski definition) is 6. The van der Waals surface area contributed by atoms with Crippen molar-refractivity contribution >= 4 is 23.9 Å². The minimum atomic E-state index is -1.08. The largest absolute Gasteiger partial charge is 4.00 e. The molecule has 0 bridgehead atoms. The van der Waals surface area contributed by atoms with E-state index in [4.69, 9.17) is 51.1 Å². The number of hydrogen-bond donors (Lipinski definition) is 6. The van der Waals surface area contributed by atoms with Crippen LogP contribution in [0.3, 0.4) is 0 Å². The molecule has 0 spiro atoms. The second-order valence-electron chi connectivity index (χ2n) is 2.15. The van der Waals surface area contributed by atoms with Crippen molar-refractivity contribution in [2.75, 3.05) is 13.1 Å². The molecule has 0 aromatic carbocycles. The number of carboxylic acid groups (broad SMARTS) is 4. The van der Waals surface area contributed by atoms with Gasteiger partial charge >= 0.3 is 17.1 Å². The molecule has 0 rings (SSSR count). The zero-order chi connectivity index (χ0) is 17.7. The van der Waals surface area contributed by atoms with Crippen LogP contribution in [0.15, 0.2) is 0 Å². The van der Waals surface area contributed by atoms with Crippen LogP contribution in [0, 0.1) is 27.7 Å². The van der Waals surface area contributed by atoms with Crippen LogP contribution >= 0.6 is 0 Å². The van der Waals surface area contributed by atoms with Gasteiger partial charge in [0.05, 0.1) is 0 Å². The van der Waals surface area contributed by atoms with Crippen molar-refractivity contribution in [3.63, 3.8) is 0 Å². The molecule has 0 unspecified atom stereocenters. The molecule has 0 radical (unpaired) electrons. The smallest absolute Gasteiger partial charge is 0.503 e. The van der Waals surface area contributed by atoms with Crippen LogP contribution < -0.4 is 11.5 Å². The van der Waals surface area contributed by atoms with Crippen molar-refractivity contribution in [2.24, 2.45) is 11.5 Å². The van der Waals surface area contributed by atoms with E-state index >= 15 is 0 Å². The van der Waals surface area contributed by atoms with E-state index in [1.165, 1.54) is 0 Å². The maximum atomic E-state index is 8.89. The summed E-state index contributed by atoms with van der Waals surface area (Å²) in [6.45, 7) is 11.4. The van der Waals surface area contributed by atoms with E-state index < -0.39 is 23.9 Å². The van der Waals surface area contributed by atoms with Gasteiger partial charge in [-0.2, -0.15) is 0 Å². The fraction of sp³-hybridized carbons (Fsp3) is 0.200. The van der Waals surface area contributed by atoms with Crippen LogP contribution in [-0.4, -0.2) is 57.4 Å². The van der Waals surface area contributed by atoms with Crippen LogP contribution in [0.5, 0.6) is 0 Å². The van der Waals surface area contributed by atoms with Gasteiger partial charge in [0.2, 0.25) is 0 Å². The van der Waals surface area contributed by atoms with Crippen LogP contribution in [0.25, 0.3) is 0 Å². The van der Waals surface area contributed by atoms with Crippen molar-refractivity contribution in [1.29, 1.82) is 0 Å². The van der Waals surface area contributed by atoms with Crippen molar-refractivity contribution < 1.29 is 56.7 Å². The van der Waals surface area contributed by atoms with Gasteiger partial charge in [-0.05, 0) is 0 Å². The summed E-state index contributed by atoms with van der Waals surface area (Å²) in [7, 11) is 0. The minimum absolute atomic E-state index is 0. The van der Waals surface area contributed by atoms with Gasteiger partial charge in [-0.25, -0.2) is 0 Å². The number of carbonyl (C=O) groups is 4. The molecular formula is C10H20FeN2O8. The molecule has 0 atom stereocenters. The number of carboxylic acids is 4. The fourth-order valence-corrected chi connectivity index (χ4v) is 0. The molecule has 0 amide bonds. The molecule has 0 fully saturated rings. The van der Waals surface area contributed by atoms with E-state index in [1.54, 1.807) is 0 Å². The maximum Gasteiger partial charge on any atom is 4.00 e. The zero-order valence-corrected chi connectivity index (χ0v) is 12.3. The average molecular weight is 352 g/mol. The topological polar surface area (TPSA) is 201 Å². The molecule has 0 aliphatic carbocycles. The molecule has 0 aromatic heterocycles. The average Bonchev–Trinajstić information content (AvgIpc) is 2.13. The first-order valence-corrected chi connectivity index (χ1v) is 4.44. The molecular weight excluding hydrogens is 332 g/mol. The second kappa shape index (κ2) is 36.1. The third-order valence-electron chi connectivity index (χ3n) is 0.167. The Morgan fingerprint density at radius 1 is 0.619 bits per heavy atom. The SMILES string of the molecule is NCCN.[CH2-]C(=O)O.[CH2-]C(=O)O.[CH2-]C(=O)O.[CH2-]C(=O)O.[Fe+4]. The van der Waals surface area contributed by atoms with Crippen LogP contribution in [-0.2, 0) is 36.2 Å². The molecule has 21 heavy (non-hydrogen) atoms. The number of nitrogens with two attached hydrogens (primary N) is 2. The first-order chi connectivity index (χ1) is 8.84. The Morgan fingerprint density at radius 2 is 0.667 bits per heavy atom. The van der Waals surface area contributed by atoms with E-state index in [-0.39, 0.29) is 17.1 Å². The number of rotatable bonds is 1. The van der Waals surface area contributed by atoms with E-state index in [2.05, 4.69) is 27.7 Å². The third-order valence-corrected chi connectivity index (χ3v) is 0.167. The van der Waals surface area contributed by atoms with Gasteiger partial charge in [-0.15, -0.1) is 0 Å². The fourth-order valence-electron chi connectivity index (χ4n) is 0. The van der Waals surface area contributed by atoms with Gasteiger partial charge in [0.15, 0.2) is 23.9 Å². The Hall–Kier alpha value is -2.20. The molecule has 0 heterocycles. The normalized spacial score (nSPS) is 6.00. The first kappa shape index (κ1) is 36.4. The molecule has 8 N–H and O–H groups in total. The maximum absolute atomic E-state index is 8.89. The summed E-state index contributed by atoms with van der Waals surface area (Å²) in [5.74, 6) is -4.33. The molecule has 10 nitrogen and oxygen atoms in total. The molecule has 0 saturated heterocycles. The van der Waals surface area contributed by atoms with E-state index in [9.17, 15) is 0 Å². The Labute approximate surface area is 133 Å². The molecule has 11 heteroatoms. The van der Waals surface area contributed by atoms with E-state index in [0.29, 0.717) is 13.1 Å². The van der Waals surface area contributed by atoms with Gasteiger partial charge < -0.3 is 31.9 Å². The van der Waals surface area contributed by atoms with Crippen LogP contribution in [0.1, 0.15) is 0 Å². The third kappa shape index (κ3) is 3080. The van der Waals surface area contributed by atoms with Gasteiger partial charge in [0.1, 0.15) is 0 Å². The van der Waals surface area contributed by atoms with Crippen molar-refractivity contribution in [3.05, 3.63) is 27.7 Å². The summed E-state index contributed by atoms with van der Waals surface area (Å²) < 4.78 is 0. The van der Waals surface area contributed by atoms with Gasteiger partial charge in [0, 0.05) is 13.1 Å². The van der Waals surface area contributed by atoms with Crippen molar-refractivity contribution in [3.8, 4) is 0 Å². The summed E-state index contributed by atoms with van der Waals surface area (Å²) in [6.07, 6.45) is 0. The van der Waals surface area contributed by atoms with E-state index in [1.807, 2.05) is 0 Å².